The number of fused-ring (bicyclic) bond motifs is 1. The Balaban J connectivity index is 2.04. The Hall–Kier alpha value is -2.55. The summed E-state index contributed by atoms with van der Waals surface area (Å²) in [4.78, 5) is 8.93. The van der Waals surface area contributed by atoms with E-state index in [2.05, 4.69) is 16.0 Å². The minimum absolute atomic E-state index is 0.134. The first-order valence-corrected chi connectivity index (χ1v) is 8.67. The van der Waals surface area contributed by atoms with E-state index in [1.165, 1.54) is 17.7 Å². The number of aliphatic hydroxyl groups is 3. The van der Waals surface area contributed by atoms with Gasteiger partial charge in [0.2, 0.25) is 0 Å². The summed E-state index contributed by atoms with van der Waals surface area (Å²) < 4.78 is 7.22. The molecule has 0 aliphatic carbocycles. The van der Waals surface area contributed by atoms with Crippen LogP contribution in [0.15, 0.2) is 23.8 Å². The molecule has 4 rings (SSSR count). The third-order valence-electron chi connectivity index (χ3n) is 4.45. The molecule has 1 fully saturated rings. The maximum absolute atomic E-state index is 10.5. The van der Waals surface area contributed by atoms with Crippen LogP contribution in [0.5, 0.6) is 0 Å². The van der Waals surface area contributed by atoms with Crippen molar-refractivity contribution in [3.05, 3.63) is 29.4 Å². The summed E-state index contributed by atoms with van der Waals surface area (Å²) >= 11 is 1.40. The molecule has 0 radical (unpaired) electrons. The number of nitriles is 1. The molecule has 0 unspecified atom stereocenters. The van der Waals surface area contributed by atoms with Crippen LogP contribution in [0.2, 0.25) is 0 Å². The fraction of sp³-hybridized carbons (Fsp3) is 0.312. The van der Waals surface area contributed by atoms with Crippen molar-refractivity contribution < 1.29 is 20.1 Å². The summed E-state index contributed by atoms with van der Waals surface area (Å²) in [5.41, 5.74) is 7.02. The van der Waals surface area contributed by atoms with E-state index in [0.29, 0.717) is 16.7 Å². The Labute approximate surface area is 151 Å². The molecule has 0 spiro atoms. The van der Waals surface area contributed by atoms with Crippen LogP contribution in [0.1, 0.15) is 11.8 Å². The predicted octanol–water partition coefficient (Wildman–Crippen LogP) is 0.225. The Morgan fingerprint density at radius 2 is 2.15 bits per heavy atom. The van der Waals surface area contributed by atoms with Gasteiger partial charge < -0.3 is 25.8 Å². The summed E-state index contributed by atoms with van der Waals surface area (Å²) in [7, 11) is 0. The first-order chi connectivity index (χ1) is 12.6. The molecule has 0 bridgehead atoms. The Morgan fingerprint density at radius 3 is 2.77 bits per heavy atom. The molecule has 0 aromatic carbocycles. The number of nitrogens with two attached hydrogens (primary N) is 1. The van der Waals surface area contributed by atoms with Crippen molar-refractivity contribution >= 4 is 28.2 Å². The summed E-state index contributed by atoms with van der Waals surface area (Å²) in [6.45, 7) is -0.454. The summed E-state index contributed by atoms with van der Waals surface area (Å²) in [6, 6.07) is 5.79. The third kappa shape index (κ3) is 2.30. The zero-order valence-corrected chi connectivity index (χ0v) is 14.2. The molecule has 3 aromatic rings. The van der Waals surface area contributed by atoms with Gasteiger partial charge in [-0.1, -0.05) is 6.07 Å². The monoisotopic (exact) mass is 373 g/mol. The van der Waals surface area contributed by atoms with Crippen LogP contribution >= 0.6 is 11.3 Å². The van der Waals surface area contributed by atoms with Crippen LogP contribution in [0, 0.1) is 11.3 Å². The van der Waals surface area contributed by atoms with Crippen LogP contribution in [0.25, 0.3) is 21.6 Å². The van der Waals surface area contributed by atoms with Crippen LogP contribution in [0.4, 0.5) is 5.82 Å². The van der Waals surface area contributed by atoms with Gasteiger partial charge in [0.1, 0.15) is 42.2 Å². The van der Waals surface area contributed by atoms with Gasteiger partial charge in [0.25, 0.3) is 0 Å². The molecule has 134 valence electrons. The number of nitrogens with zero attached hydrogens (tertiary/aromatic N) is 4. The van der Waals surface area contributed by atoms with Crippen LogP contribution < -0.4 is 5.73 Å². The van der Waals surface area contributed by atoms with E-state index in [0.717, 1.165) is 4.88 Å². The van der Waals surface area contributed by atoms with Crippen molar-refractivity contribution in [3.63, 3.8) is 0 Å². The zero-order chi connectivity index (χ0) is 18.4. The van der Waals surface area contributed by atoms with E-state index in [4.69, 9.17) is 10.5 Å². The summed E-state index contributed by atoms with van der Waals surface area (Å²) in [5, 5.41) is 42.0. The highest BCUT2D eigenvalue weighted by Crippen LogP contribution is 2.42. The topological polar surface area (TPSA) is 150 Å². The molecule has 26 heavy (non-hydrogen) atoms. The van der Waals surface area contributed by atoms with Crippen molar-refractivity contribution in [1.29, 1.82) is 5.26 Å². The van der Waals surface area contributed by atoms with Gasteiger partial charge in [0.05, 0.1) is 28.1 Å². The lowest BCUT2D eigenvalue weighted by atomic mass is 10.1. The van der Waals surface area contributed by atoms with Gasteiger partial charge in [-0.05, 0) is 11.4 Å². The van der Waals surface area contributed by atoms with Gasteiger partial charge in [0, 0.05) is 0 Å². The molecule has 10 heteroatoms. The maximum atomic E-state index is 10.5. The molecule has 9 nitrogen and oxygen atoms in total. The SMILES string of the molecule is N#Cc1c(-c2cccs2)n([C@H]2O[C@H](CO)[C@@H](O)[C@@H]2O)c2ncnc(N)c12. The molecule has 5 N–H and O–H groups in total. The number of anilines is 1. The van der Waals surface area contributed by atoms with Crippen LogP contribution in [-0.2, 0) is 4.74 Å². The number of hydrogen-bond donors (Lipinski definition) is 4. The lowest BCUT2D eigenvalue weighted by molar-refractivity contribution is -0.0501. The highest BCUT2D eigenvalue weighted by molar-refractivity contribution is 7.13. The predicted molar refractivity (Wildman–Crippen MR) is 93.0 cm³/mol. The normalized spacial score (nSPS) is 25.6. The third-order valence-corrected chi connectivity index (χ3v) is 5.33. The molecular formula is C16H15N5O4S. The number of rotatable bonds is 3. The van der Waals surface area contributed by atoms with Crippen molar-refractivity contribution in [3.8, 4) is 16.6 Å². The standard InChI is InChI=1S/C16H15N5O4S/c17-4-7-10-14(18)19-6-20-15(10)21(11(7)9-2-1-3-26-9)16-13(24)12(23)8(5-22)25-16/h1-3,6,8,12-13,16,22-24H,5H2,(H2,18,19,20)/t8-,12-,13+,16+/m1/s1. The number of nitrogen functional groups attached to an aromatic ring is 1. The number of aliphatic hydroxyl groups excluding tert-OH is 3. The average Bonchev–Trinajstić information content (AvgIpc) is 3.33. The van der Waals surface area contributed by atoms with Gasteiger partial charge in [-0.25, -0.2) is 9.97 Å². The minimum atomic E-state index is -1.32. The van der Waals surface area contributed by atoms with Crippen molar-refractivity contribution in [2.45, 2.75) is 24.5 Å². The second-order valence-electron chi connectivity index (χ2n) is 5.87. The van der Waals surface area contributed by atoms with Gasteiger partial charge in [0.15, 0.2) is 6.23 Å². The Kier molecular flexibility index (Phi) is 4.10. The van der Waals surface area contributed by atoms with E-state index < -0.39 is 31.1 Å². The van der Waals surface area contributed by atoms with Gasteiger partial charge in [-0.3, -0.25) is 4.57 Å². The molecule has 0 amide bonds. The van der Waals surface area contributed by atoms with E-state index in [1.807, 2.05) is 17.5 Å². The van der Waals surface area contributed by atoms with Gasteiger partial charge in [-0.2, -0.15) is 5.26 Å². The van der Waals surface area contributed by atoms with Crippen molar-refractivity contribution in [2.75, 3.05) is 12.3 Å². The summed E-state index contributed by atoms with van der Waals surface area (Å²) in [5.74, 6) is 0.134. The van der Waals surface area contributed by atoms with Crippen molar-refractivity contribution in [2.24, 2.45) is 0 Å². The minimum Gasteiger partial charge on any atom is -0.394 e. The smallest absolute Gasteiger partial charge is 0.165 e. The van der Waals surface area contributed by atoms with Gasteiger partial charge in [-0.15, -0.1) is 11.3 Å². The fourth-order valence-electron chi connectivity index (χ4n) is 3.26. The van der Waals surface area contributed by atoms with Crippen molar-refractivity contribution in [1.82, 2.24) is 14.5 Å². The lowest BCUT2D eigenvalue weighted by Gasteiger charge is -2.20. The summed E-state index contributed by atoms with van der Waals surface area (Å²) in [6.07, 6.45) is -3.33. The quantitative estimate of drug-likeness (QED) is 0.509. The molecule has 3 aromatic heterocycles. The zero-order valence-electron chi connectivity index (χ0n) is 13.4. The first kappa shape index (κ1) is 16.9. The van der Waals surface area contributed by atoms with E-state index in [1.54, 1.807) is 4.57 Å². The highest BCUT2D eigenvalue weighted by atomic mass is 32.1. The highest BCUT2D eigenvalue weighted by Gasteiger charge is 2.45. The number of ether oxygens (including phenoxy) is 1. The first-order valence-electron chi connectivity index (χ1n) is 7.79. The Bertz CT molecular complexity index is 996. The number of thiophene rings is 1. The molecule has 0 saturated carbocycles. The van der Waals surface area contributed by atoms with E-state index in [-0.39, 0.29) is 11.4 Å². The average molecular weight is 373 g/mol. The fourth-order valence-corrected chi connectivity index (χ4v) is 4.03. The van der Waals surface area contributed by atoms with Crippen LogP contribution in [0.3, 0.4) is 0 Å². The largest absolute Gasteiger partial charge is 0.394 e. The maximum Gasteiger partial charge on any atom is 0.165 e. The second-order valence-corrected chi connectivity index (χ2v) is 6.82. The second kappa shape index (κ2) is 6.31. The molecule has 4 heterocycles. The lowest BCUT2D eigenvalue weighted by Crippen LogP contribution is -2.33. The molecular weight excluding hydrogens is 358 g/mol. The molecule has 1 saturated heterocycles. The van der Waals surface area contributed by atoms with E-state index in [9.17, 15) is 20.6 Å². The van der Waals surface area contributed by atoms with E-state index >= 15 is 0 Å². The molecule has 4 atom stereocenters. The molecule has 1 aliphatic heterocycles. The van der Waals surface area contributed by atoms with Crippen LogP contribution in [-0.4, -0.2) is 54.8 Å². The molecule has 1 aliphatic rings. The van der Waals surface area contributed by atoms with Gasteiger partial charge >= 0.3 is 0 Å². The Morgan fingerprint density at radius 1 is 1.35 bits per heavy atom. The number of aromatic nitrogens is 3. The number of hydrogen-bond acceptors (Lipinski definition) is 9.